The normalized spacial score (nSPS) is 16.4. The number of carbonyl (C=O) groups is 1. The molecule has 12 heavy (non-hydrogen) atoms. The summed E-state index contributed by atoms with van der Waals surface area (Å²) in [5.74, 6) is 0. The Morgan fingerprint density at radius 1 is 1.58 bits per heavy atom. The molecule has 1 unspecified atom stereocenters. The van der Waals surface area contributed by atoms with Crippen molar-refractivity contribution in [1.29, 1.82) is 0 Å². The Balaban J connectivity index is 4.45. The summed E-state index contributed by atoms with van der Waals surface area (Å²) in [5, 5.41) is 1.50. The minimum atomic E-state index is -4.38. The highest BCUT2D eigenvalue weighted by atomic mass is 35.6. The van der Waals surface area contributed by atoms with E-state index in [1.165, 1.54) is 5.09 Å². The lowest BCUT2D eigenvalue weighted by Gasteiger charge is -2.18. The second-order valence-corrected chi connectivity index (χ2v) is 6.77. The van der Waals surface area contributed by atoms with Gasteiger partial charge >= 0.3 is 13.6 Å². The third-order valence-electron chi connectivity index (χ3n) is 0.772. The molecule has 0 rings (SSSR count). The van der Waals surface area contributed by atoms with E-state index >= 15 is 0 Å². The Morgan fingerprint density at radius 3 is 2.25 bits per heavy atom. The van der Waals surface area contributed by atoms with Crippen LogP contribution in [0.1, 0.15) is 0 Å². The smallest absolute Gasteiger partial charge is 0.414 e. The highest BCUT2D eigenvalue weighted by Crippen LogP contribution is 2.59. The van der Waals surface area contributed by atoms with Crippen molar-refractivity contribution in [3.8, 4) is 0 Å². The fourth-order valence-corrected chi connectivity index (χ4v) is 1.08. The van der Waals surface area contributed by atoms with Crippen LogP contribution in [-0.2, 0) is 9.30 Å². The summed E-state index contributed by atoms with van der Waals surface area (Å²) in [6.45, 7) is 0. The molecule has 0 saturated carbocycles. The van der Waals surface area contributed by atoms with E-state index in [9.17, 15) is 9.36 Å². The van der Waals surface area contributed by atoms with E-state index in [-0.39, 0.29) is 0 Å². The second-order valence-electron chi connectivity index (χ2n) is 1.65. The molecular weight excluding hydrogens is 251 g/mol. The van der Waals surface area contributed by atoms with Crippen LogP contribution in [0.4, 0.5) is 4.79 Å². The van der Waals surface area contributed by atoms with Crippen LogP contribution >= 0.6 is 42.3 Å². The van der Waals surface area contributed by atoms with Gasteiger partial charge in [-0.2, -0.15) is 0 Å². The number of carbonyl (C=O) groups excluding carboxylic acids is 1. The Hall–Kier alpha value is 0.330. The SMILES string of the molecule is COC(=O)NP(=O)(O)C(Cl)(Cl)Cl. The molecule has 0 heterocycles. The molecule has 0 fully saturated rings. The van der Waals surface area contributed by atoms with Gasteiger partial charge in [0, 0.05) is 0 Å². The molecule has 0 aliphatic rings. The highest BCUT2D eigenvalue weighted by Gasteiger charge is 2.44. The summed E-state index contributed by atoms with van der Waals surface area (Å²) in [6.07, 6.45) is -1.15. The van der Waals surface area contributed by atoms with E-state index in [0.29, 0.717) is 0 Å². The maximum absolute atomic E-state index is 11.0. The van der Waals surface area contributed by atoms with Gasteiger partial charge in [0.05, 0.1) is 7.11 Å². The van der Waals surface area contributed by atoms with Crippen molar-refractivity contribution in [3.05, 3.63) is 0 Å². The van der Waals surface area contributed by atoms with E-state index in [2.05, 4.69) is 4.74 Å². The second kappa shape index (κ2) is 4.03. The van der Waals surface area contributed by atoms with Crippen LogP contribution in [0.2, 0.25) is 0 Å². The molecule has 1 atom stereocenters. The first-order valence-corrected chi connectivity index (χ1v) is 5.26. The number of amides is 1. The van der Waals surface area contributed by atoms with E-state index in [1.54, 1.807) is 0 Å². The van der Waals surface area contributed by atoms with Gasteiger partial charge in [-0.1, -0.05) is 34.8 Å². The van der Waals surface area contributed by atoms with E-state index in [1.807, 2.05) is 0 Å². The van der Waals surface area contributed by atoms with Gasteiger partial charge in [0.2, 0.25) is 0 Å². The van der Waals surface area contributed by atoms with E-state index < -0.39 is 17.1 Å². The van der Waals surface area contributed by atoms with Gasteiger partial charge in [0.1, 0.15) is 0 Å². The molecule has 72 valence electrons. The highest BCUT2D eigenvalue weighted by molar-refractivity contribution is 7.65. The molecule has 0 aromatic rings. The van der Waals surface area contributed by atoms with Crippen LogP contribution in [0.5, 0.6) is 0 Å². The summed E-state index contributed by atoms with van der Waals surface area (Å²) >= 11 is 15.2. The van der Waals surface area contributed by atoms with E-state index in [4.69, 9.17) is 39.7 Å². The van der Waals surface area contributed by atoms with Crippen LogP contribution in [0.3, 0.4) is 0 Å². The van der Waals surface area contributed by atoms with Crippen LogP contribution in [0, 0.1) is 0 Å². The van der Waals surface area contributed by atoms with Gasteiger partial charge in [-0.25, -0.2) is 9.88 Å². The molecule has 1 amide bonds. The average molecular weight is 256 g/mol. The molecule has 2 N–H and O–H groups in total. The molecule has 9 heteroatoms. The number of methoxy groups -OCH3 is 1. The minimum Gasteiger partial charge on any atom is -0.453 e. The van der Waals surface area contributed by atoms with Crippen LogP contribution in [0.15, 0.2) is 0 Å². The molecule has 0 bridgehead atoms. The largest absolute Gasteiger partial charge is 0.453 e. The zero-order valence-electron chi connectivity index (χ0n) is 5.75. The maximum Gasteiger partial charge on any atom is 0.414 e. The van der Waals surface area contributed by atoms with Crippen molar-refractivity contribution >= 4 is 48.4 Å². The number of ether oxygens (including phenoxy) is 1. The summed E-state index contributed by atoms with van der Waals surface area (Å²) in [4.78, 5) is 19.3. The van der Waals surface area contributed by atoms with Gasteiger partial charge in [0.15, 0.2) is 0 Å². The predicted molar refractivity (Wildman–Crippen MR) is 45.7 cm³/mol. The van der Waals surface area contributed by atoms with Crippen molar-refractivity contribution in [2.24, 2.45) is 0 Å². The van der Waals surface area contributed by atoms with Crippen LogP contribution in [-0.4, -0.2) is 21.6 Å². The zero-order valence-corrected chi connectivity index (χ0v) is 8.92. The molecule has 0 aliphatic heterocycles. The van der Waals surface area contributed by atoms with Crippen molar-refractivity contribution in [3.63, 3.8) is 0 Å². The molecule has 0 spiro atoms. The summed E-state index contributed by atoms with van der Waals surface area (Å²) < 4.78 is 12.5. The first-order valence-electron chi connectivity index (χ1n) is 2.46. The first-order chi connectivity index (χ1) is 5.20. The summed E-state index contributed by atoms with van der Waals surface area (Å²) in [6, 6.07) is 0. The predicted octanol–water partition coefficient (Wildman–Crippen LogP) is 1.86. The topological polar surface area (TPSA) is 75.6 Å². The number of hydrogen-bond acceptors (Lipinski definition) is 3. The number of rotatable bonds is 1. The number of nitrogens with one attached hydrogen (secondary N) is 1. The van der Waals surface area contributed by atoms with Crippen molar-refractivity contribution < 1.29 is 19.0 Å². The van der Waals surface area contributed by atoms with Gasteiger partial charge in [-0.15, -0.1) is 0 Å². The summed E-state index contributed by atoms with van der Waals surface area (Å²) in [5.41, 5.74) is 0. The fourth-order valence-electron chi connectivity index (χ4n) is 0.233. The number of hydrogen-bond donors (Lipinski definition) is 2. The Labute approximate surface area is 83.4 Å². The summed E-state index contributed by atoms with van der Waals surface area (Å²) in [7, 11) is -3.37. The molecule has 0 aromatic heterocycles. The van der Waals surface area contributed by atoms with Gasteiger partial charge in [0.25, 0.3) is 3.53 Å². The molecule has 5 nitrogen and oxygen atoms in total. The number of halogens is 3. The third-order valence-corrected chi connectivity index (χ3v) is 4.01. The lowest BCUT2D eigenvalue weighted by molar-refractivity contribution is 0.176. The fraction of sp³-hybridized carbons (Fsp3) is 0.667. The van der Waals surface area contributed by atoms with Gasteiger partial charge in [-0.3, -0.25) is 4.57 Å². The Kier molecular flexibility index (Phi) is 4.14. The monoisotopic (exact) mass is 255 g/mol. The lowest BCUT2D eigenvalue weighted by atomic mass is 11.2. The quantitative estimate of drug-likeness (QED) is 0.554. The number of alkyl halides is 3. The molecule has 0 aromatic carbocycles. The van der Waals surface area contributed by atoms with Crippen LogP contribution < -0.4 is 5.09 Å². The molecule has 0 radical (unpaired) electrons. The Bertz CT molecular complexity index is 226. The third kappa shape index (κ3) is 3.37. The standard InChI is InChI=1S/C3H5Cl3NO4P/c1-11-2(8)7-12(9,10)3(4,5)6/h1H3,(H2,7,8,9,10). The first kappa shape index (κ1) is 12.3. The molecule has 0 saturated heterocycles. The maximum atomic E-state index is 11.0. The van der Waals surface area contributed by atoms with Crippen molar-refractivity contribution in [2.75, 3.05) is 7.11 Å². The Morgan fingerprint density at radius 2 is 2.00 bits per heavy atom. The van der Waals surface area contributed by atoms with Gasteiger partial charge in [-0.05, 0) is 0 Å². The average Bonchev–Trinajstić information content (AvgIpc) is 1.84. The van der Waals surface area contributed by atoms with Gasteiger partial charge < -0.3 is 9.63 Å². The lowest BCUT2D eigenvalue weighted by Crippen LogP contribution is -2.25. The van der Waals surface area contributed by atoms with Crippen molar-refractivity contribution in [2.45, 2.75) is 3.53 Å². The zero-order chi connectivity index (χ0) is 9.99. The van der Waals surface area contributed by atoms with Crippen LogP contribution in [0.25, 0.3) is 0 Å². The minimum absolute atomic E-state index is 1.01. The van der Waals surface area contributed by atoms with Crippen molar-refractivity contribution in [1.82, 2.24) is 5.09 Å². The van der Waals surface area contributed by atoms with E-state index in [0.717, 1.165) is 7.11 Å². The molecule has 0 aliphatic carbocycles. The molecular formula is C3H5Cl3NO4P.